The molecule has 0 radical (unpaired) electrons. The third kappa shape index (κ3) is 6.06. The summed E-state index contributed by atoms with van der Waals surface area (Å²) < 4.78 is 5.26. The van der Waals surface area contributed by atoms with Crippen LogP contribution in [0.1, 0.15) is 59.4 Å². The molecule has 1 unspecified atom stereocenters. The van der Waals surface area contributed by atoms with Crippen molar-refractivity contribution in [2.45, 2.75) is 77.6 Å². The van der Waals surface area contributed by atoms with Gasteiger partial charge >= 0.3 is 6.09 Å². The van der Waals surface area contributed by atoms with E-state index in [9.17, 15) is 9.59 Å². The fraction of sp³-hybridized carbons (Fsp3) is 0.625. The van der Waals surface area contributed by atoms with Crippen molar-refractivity contribution in [3.05, 3.63) is 35.9 Å². The molecule has 1 saturated carbocycles. The first-order valence-electron chi connectivity index (χ1n) is 11.3. The van der Waals surface area contributed by atoms with Gasteiger partial charge in [0.25, 0.3) is 5.91 Å². The van der Waals surface area contributed by atoms with Crippen molar-refractivity contribution in [3.8, 4) is 0 Å². The number of aliphatic imine (C=N–C) groups is 1. The van der Waals surface area contributed by atoms with Crippen LogP contribution in [0.4, 0.5) is 4.79 Å². The molecule has 1 atom stereocenters. The third-order valence-corrected chi connectivity index (χ3v) is 5.49. The lowest BCUT2D eigenvalue weighted by Crippen LogP contribution is -2.49. The fourth-order valence-electron chi connectivity index (χ4n) is 3.76. The number of nitrogens with zero attached hydrogens (tertiary/aromatic N) is 2. The molecule has 2 aliphatic rings. The van der Waals surface area contributed by atoms with Crippen LogP contribution in [0, 0.1) is 5.92 Å². The van der Waals surface area contributed by atoms with Crippen LogP contribution < -0.4 is 10.6 Å². The molecule has 0 saturated heterocycles. The van der Waals surface area contributed by atoms with E-state index < -0.39 is 17.2 Å². The first-order chi connectivity index (χ1) is 14.6. The predicted octanol–water partition coefficient (Wildman–Crippen LogP) is 3.49. The average Bonchev–Trinajstić information content (AvgIpc) is 3.42. The van der Waals surface area contributed by atoms with Crippen molar-refractivity contribution in [1.29, 1.82) is 0 Å². The molecule has 7 heteroatoms. The molecule has 1 spiro atoms. The van der Waals surface area contributed by atoms with E-state index in [1.54, 1.807) is 0 Å². The Morgan fingerprint density at radius 3 is 2.45 bits per heavy atom. The maximum atomic E-state index is 13.1. The largest absolute Gasteiger partial charge is 0.444 e. The summed E-state index contributed by atoms with van der Waals surface area (Å²) in [5, 5.41) is 6.36. The maximum absolute atomic E-state index is 13.1. The first-order valence-corrected chi connectivity index (χ1v) is 11.3. The van der Waals surface area contributed by atoms with Crippen LogP contribution in [-0.4, -0.2) is 53.0 Å². The van der Waals surface area contributed by atoms with Crippen molar-refractivity contribution >= 4 is 17.8 Å². The number of amidine groups is 1. The van der Waals surface area contributed by atoms with Crippen LogP contribution >= 0.6 is 0 Å². The number of nitrogens with one attached hydrogen (secondary N) is 2. The van der Waals surface area contributed by atoms with E-state index in [1.165, 1.54) is 0 Å². The molecule has 1 heterocycles. The van der Waals surface area contributed by atoms with Gasteiger partial charge in [-0.1, -0.05) is 44.2 Å². The number of benzene rings is 1. The molecule has 1 aromatic carbocycles. The maximum Gasteiger partial charge on any atom is 0.407 e. The lowest BCUT2D eigenvalue weighted by atomic mass is 10.0. The number of rotatable bonds is 9. The highest BCUT2D eigenvalue weighted by atomic mass is 16.6. The van der Waals surface area contributed by atoms with E-state index in [0.717, 1.165) is 30.7 Å². The summed E-state index contributed by atoms with van der Waals surface area (Å²) in [6, 6.07) is 10.0. The lowest BCUT2D eigenvalue weighted by Gasteiger charge is -2.29. The zero-order chi connectivity index (χ0) is 22.6. The van der Waals surface area contributed by atoms with Crippen molar-refractivity contribution in [2.24, 2.45) is 10.9 Å². The van der Waals surface area contributed by atoms with E-state index in [4.69, 9.17) is 9.73 Å². The number of hydrogen-bond donors (Lipinski definition) is 2. The second-order valence-electron chi connectivity index (χ2n) is 9.84. The van der Waals surface area contributed by atoms with Crippen LogP contribution in [0.3, 0.4) is 0 Å². The minimum absolute atomic E-state index is 0.0193. The first kappa shape index (κ1) is 23.3. The molecule has 7 nitrogen and oxygen atoms in total. The molecule has 3 rings (SSSR count). The van der Waals surface area contributed by atoms with Crippen molar-refractivity contribution in [1.82, 2.24) is 15.5 Å². The second kappa shape index (κ2) is 9.39. The van der Waals surface area contributed by atoms with Gasteiger partial charge in [0.05, 0.1) is 12.6 Å². The number of hydrogen-bond acceptors (Lipinski definition) is 5. The summed E-state index contributed by atoms with van der Waals surface area (Å²) in [7, 11) is 0. The zero-order valence-corrected chi connectivity index (χ0v) is 19.4. The fourth-order valence-corrected chi connectivity index (χ4v) is 3.76. The van der Waals surface area contributed by atoms with Gasteiger partial charge in [0.2, 0.25) is 0 Å². The molecule has 1 fully saturated rings. The number of carbonyl (C=O) groups excluding carboxylic acids is 2. The van der Waals surface area contributed by atoms with Gasteiger partial charge in [0.1, 0.15) is 17.0 Å². The smallest absolute Gasteiger partial charge is 0.407 e. The normalized spacial score (nSPS) is 18.3. The summed E-state index contributed by atoms with van der Waals surface area (Å²) >= 11 is 0. The van der Waals surface area contributed by atoms with Gasteiger partial charge in [0.15, 0.2) is 0 Å². The van der Waals surface area contributed by atoms with Crippen molar-refractivity contribution in [2.75, 3.05) is 13.1 Å². The number of alkyl carbamates (subject to hydrolysis) is 1. The average molecular weight is 429 g/mol. The van der Waals surface area contributed by atoms with Gasteiger partial charge in [0, 0.05) is 6.54 Å². The van der Waals surface area contributed by atoms with Gasteiger partial charge in [-0.2, -0.15) is 0 Å². The van der Waals surface area contributed by atoms with Gasteiger partial charge < -0.3 is 15.4 Å². The van der Waals surface area contributed by atoms with E-state index >= 15 is 0 Å². The Kier molecular flexibility index (Phi) is 7.04. The van der Waals surface area contributed by atoms with E-state index in [2.05, 4.69) is 24.5 Å². The lowest BCUT2D eigenvalue weighted by molar-refractivity contribution is -0.128. The van der Waals surface area contributed by atoms with Gasteiger partial charge in [-0.15, -0.1) is 0 Å². The minimum Gasteiger partial charge on any atom is -0.444 e. The van der Waals surface area contributed by atoms with Crippen molar-refractivity contribution in [3.63, 3.8) is 0 Å². The molecule has 2 N–H and O–H groups in total. The monoisotopic (exact) mass is 428 g/mol. The third-order valence-electron chi connectivity index (χ3n) is 5.49. The van der Waals surface area contributed by atoms with Crippen LogP contribution in [0.15, 0.2) is 35.3 Å². The summed E-state index contributed by atoms with van der Waals surface area (Å²) in [6.45, 7) is 11.6. The Morgan fingerprint density at radius 2 is 1.87 bits per heavy atom. The topological polar surface area (TPSA) is 83.0 Å². The Morgan fingerprint density at radius 1 is 1.19 bits per heavy atom. The van der Waals surface area contributed by atoms with Crippen LogP contribution in [0.25, 0.3) is 0 Å². The molecule has 2 amide bonds. The Balaban J connectivity index is 1.59. The summed E-state index contributed by atoms with van der Waals surface area (Å²) in [4.78, 5) is 31.7. The quantitative estimate of drug-likeness (QED) is 0.590. The number of carbonyl (C=O) groups is 2. The number of amides is 2. The minimum atomic E-state index is -0.517. The summed E-state index contributed by atoms with van der Waals surface area (Å²) in [5.74, 6) is 1.25. The van der Waals surface area contributed by atoms with E-state index in [0.29, 0.717) is 19.6 Å². The highest BCUT2D eigenvalue weighted by molar-refractivity contribution is 6.11. The van der Waals surface area contributed by atoms with E-state index in [-0.39, 0.29) is 17.9 Å². The van der Waals surface area contributed by atoms with E-state index in [1.807, 2.05) is 56.0 Å². The molecule has 1 aliphatic carbocycles. The van der Waals surface area contributed by atoms with Crippen LogP contribution in [-0.2, 0) is 16.1 Å². The van der Waals surface area contributed by atoms with Gasteiger partial charge in [-0.25, -0.2) is 4.79 Å². The van der Waals surface area contributed by atoms with Gasteiger partial charge in [-0.3, -0.25) is 14.7 Å². The molecule has 1 aromatic rings. The Labute approximate surface area is 185 Å². The van der Waals surface area contributed by atoms with Crippen LogP contribution in [0.5, 0.6) is 0 Å². The molecule has 0 aromatic heterocycles. The molecular formula is C24H36N4O3. The zero-order valence-electron chi connectivity index (χ0n) is 19.4. The molecular weight excluding hydrogens is 392 g/mol. The molecule has 170 valence electrons. The Hall–Kier alpha value is -2.41. The standard InChI is InChI=1S/C24H36N4O3/c1-17(2)19(25-14-9-15-26-22(30)31-23(3,4)5)20-27-24(12-13-24)21(29)28(20)16-18-10-7-6-8-11-18/h6-8,10-11,17,19,25H,9,12-16H2,1-5H3,(H,26,30). The second-order valence-corrected chi connectivity index (χ2v) is 9.84. The summed E-state index contributed by atoms with van der Waals surface area (Å²) in [5.41, 5.74) is 0.0847. The highest BCUT2D eigenvalue weighted by Gasteiger charge is 2.58. The molecule has 31 heavy (non-hydrogen) atoms. The SMILES string of the molecule is CC(C)C(NCCCNC(=O)OC(C)(C)C)C1=NC2(CC2)C(=O)N1Cc1ccccc1. The predicted molar refractivity (Wildman–Crippen MR) is 122 cm³/mol. The van der Waals surface area contributed by atoms with Gasteiger partial charge in [-0.05, 0) is 58.1 Å². The Bertz CT molecular complexity index is 810. The van der Waals surface area contributed by atoms with Crippen LogP contribution in [0.2, 0.25) is 0 Å². The van der Waals surface area contributed by atoms with Crippen molar-refractivity contribution < 1.29 is 14.3 Å². The highest BCUT2D eigenvalue weighted by Crippen LogP contribution is 2.46. The molecule has 1 aliphatic heterocycles. The number of ether oxygens (including phenoxy) is 1. The molecule has 0 bridgehead atoms. The summed E-state index contributed by atoms with van der Waals surface area (Å²) in [6.07, 6.45) is 2.03.